The third kappa shape index (κ3) is 2.14. The molecule has 1 N–H and O–H groups in total. The highest BCUT2D eigenvalue weighted by Gasteiger charge is 2.33. The number of hydrogen-bond acceptors (Lipinski definition) is 4. The molecular formula is C16H9ClFNO4. The zero-order chi connectivity index (χ0) is 16.1. The number of rotatable bonds is 2. The van der Waals surface area contributed by atoms with Crippen molar-refractivity contribution in [3.05, 3.63) is 46.7 Å². The van der Waals surface area contributed by atoms with Gasteiger partial charge in [0.1, 0.15) is 22.3 Å². The average molecular weight is 334 g/mol. The fraction of sp³-hybridized carbons (Fsp3) is 0.125. The molecule has 0 bridgehead atoms. The quantitative estimate of drug-likeness (QED) is 0.774. The number of hydrogen-bond donors (Lipinski definition) is 1. The maximum absolute atomic E-state index is 13.1. The van der Waals surface area contributed by atoms with Crippen LogP contribution in [-0.4, -0.2) is 22.3 Å². The van der Waals surface area contributed by atoms with Gasteiger partial charge in [0.05, 0.1) is 5.39 Å². The second kappa shape index (κ2) is 4.96. The summed E-state index contributed by atoms with van der Waals surface area (Å²) in [6, 6.07) is 7.59. The molecule has 23 heavy (non-hydrogen) atoms. The van der Waals surface area contributed by atoms with Crippen LogP contribution in [-0.2, 0) is 11.2 Å². The van der Waals surface area contributed by atoms with E-state index in [1.165, 1.54) is 12.1 Å². The summed E-state index contributed by atoms with van der Waals surface area (Å²) in [6.45, 7) is 0. The van der Waals surface area contributed by atoms with Gasteiger partial charge in [-0.2, -0.15) is 0 Å². The van der Waals surface area contributed by atoms with E-state index >= 15 is 0 Å². The lowest BCUT2D eigenvalue weighted by molar-refractivity contribution is -0.144. The number of benzene rings is 2. The Balaban J connectivity index is 1.88. The van der Waals surface area contributed by atoms with E-state index in [-0.39, 0.29) is 17.3 Å². The van der Waals surface area contributed by atoms with Crippen molar-refractivity contribution in [2.45, 2.75) is 12.5 Å². The zero-order valence-corrected chi connectivity index (χ0v) is 12.3. The van der Waals surface area contributed by atoms with Gasteiger partial charge in [-0.25, -0.2) is 9.18 Å². The Morgan fingerprint density at radius 3 is 2.78 bits per heavy atom. The van der Waals surface area contributed by atoms with Crippen LogP contribution in [0, 0.1) is 5.82 Å². The van der Waals surface area contributed by atoms with E-state index in [1.54, 1.807) is 18.2 Å². The van der Waals surface area contributed by atoms with Crippen LogP contribution in [0.4, 0.5) is 4.39 Å². The molecule has 0 fully saturated rings. The lowest BCUT2D eigenvalue weighted by atomic mass is 10.0. The van der Waals surface area contributed by atoms with E-state index in [2.05, 4.69) is 5.16 Å². The van der Waals surface area contributed by atoms with Crippen LogP contribution in [0.25, 0.3) is 22.2 Å². The largest absolute Gasteiger partial charge is 0.478 e. The van der Waals surface area contributed by atoms with Crippen LogP contribution in [0.5, 0.6) is 5.75 Å². The molecule has 7 heteroatoms. The molecule has 0 aliphatic carbocycles. The van der Waals surface area contributed by atoms with Crippen LogP contribution in [0.3, 0.4) is 0 Å². The molecule has 2 heterocycles. The van der Waals surface area contributed by atoms with Gasteiger partial charge in [0, 0.05) is 17.5 Å². The Morgan fingerprint density at radius 1 is 1.35 bits per heavy atom. The van der Waals surface area contributed by atoms with Crippen molar-refractivity contribution in [2.24, 2.45) is 0 Å². The van der Waals surface area contributed by atoms with E-state index in [0.717, 1.165) is 0 Å². The molecule has 2 aromatic carbocycles. The van der Waals surface area contributed by atoms with Gasteiger partial charge in [0.15, 0.2) is 11.7 Å². The SMILES string of the molecule is O=C(O)C1Cc2cc3c(-c4ccc(F)cc4)noc3c(Cl)c2O1. The minimum atomic E-state index is -1.05. The smallest absolute Gasteiger partial charge is 0.345 e. The van der Waals surface area contributed by atoms with Gasteiger partial charge in [-0.05, 0) is 30.3 Å². The fourth-order valence-corrected chi connectivity index (χ4v) is 2.99. The van der Waals surface area contributed by atoms with E-state index in [9.17, 15) is 9.18 Å². The summed E-state index contributed by atoms with van der Waals surface area (Å²) in [7, 11) is 0. The fourth-order valence-electron chi connectivity index (χ4n) is 2.69. The average Bonchev–Trinajstić information content (AvgIpc) is 3.13. The lowest BCUT2D eigenvalue weighted by Crippen LogP contribution is -2.24. The Labute approximate surface area is 134 Å². The van der Waals surface area contributed by atoms with Crippen molar-refractivity contribution in [2.75, 3.05) is 0 Å². The molecule has 1 unspecified atom stereocenters. The first-order chi connectivity index (χ1) is 11.0. The van der Waals surface area contributed by atoms with E-state index < -0.39 is 12.1 Å². The van der Waals surface area contributed by atoms with Crippen LogP contribution >= 0.6 is 11.6 Å². The number of aliphatic carboxylic acids is 1. The minimum Gasteiger partial charge on any atom is -0.478 e. The number of carboxylic acid groups (broad SMARTS) is 1. The first kappa shape index (κ1) is 14.0. The molecule has 1 atom stereocenters. The van der Waals surface area contributed by atoms with Gasteiger partial charge in [0.25, 0.3) is 0 Å². The summed E-state index contributed by atoms with van der Waals surface area (Å²) in [4.78, 5) is 11.1. The molecular weight excluding hydrogens is 325 g/mol. The number of fused-ring (bicyclic) bond motifs is 2. The summed E-state index contributed by atoms with van der Waals surface area (Å²) in [5.41, 5.74) is 2.19. The Bertz CT molecular complexity index is 935. The van der Waals surface area contributed by atoms with Crippen molar-refractivity contribution >= 4 is 28.5 Å². The summed E-state index contributed by atoms with van der Waals surface area (Å²) < 4.78 is 23.7. The zero-order valence-electron chi connectivity index (χ0n) is 11.5. The Hall–Kier alpha value is -2.60. The molecule has 0 amide bonds. The predicted molar refractivity (Wildman–Crippen MR) is 80.2 cm³/mol. The second-order valence-corrected chi connectivity index (χ2v) is 5.62. The minimum absolute atomic E-state index is 0.196. The van der Waals surface area contributed by atoms with Gasteiger partial charge in [-0.3, -0.25) is 0 Å². The summed E-state index contributed by atoms with van der Waals surface area (Å²) in [5.74, 6) is -1.09. The van der Waals surface area contributed by atoms with Crippen molar-refractivity contribution in [1.29, 1.82) is 0 Å². The molecule has 1 aromatic heterocycles. The van der Waals surface area contributed by atoms with Gasteiger partial charge in [-0.15, -0.1) is 0 Å². The molecule has 0 spiro atoms. The number of carbonyl (C=O) groups is 1. The summed E-state index contributed by atoms with van der Waals surface area (Å²) in [6.07, 6.45) is -0.745. The highest BCUT2D eigenvalue weighted by atomic mass is 35.5. The summed E-state index contributed by atoms with van der Waals surface area (Å²) >= 11 is 6.27. The van der Waals surface area contributed by atoms with Gasteiger partial charge >= 0.3 is 5.97 Å². The van der Waals surface area contributed by atoms with Gasteiger partial charge < -0.3 is 14.4 Å². The monoisotopic (exact) mass is 333 g/mol. The Morgan fingerprint density at radius 2 is 2.09 bits per heavy atom. The molecule has 0 radical (unpaired) electrons. The normalized spacial score (nSPS) is 16.3. The highest BCUT2D eigenvalue weighted by Crippen LogP contribution is 2.43. The van der Waals surface area contributed by atoms with Crippen LogP contribution in [0.1, 0.15) is 5.56 Å². The third-order valence-electron chi connectivity index (χ3n) is 3.80. The van der Waals surface area contributed by atoms with Crippen LogP contribution < -0.4 is 4.74 Å². The molecule has 1 aliphatic rings. The lowest BCUT2D eigenvalue weighted by Gasteiger charge is -2.05. The number of carboxylic acids is 1. The number of nitrogens with zero attached hydrogens (tertiary/aromatic N) is 1. The van der Waals surface area contributed by atoms with E-state index in [4.69, 9.17) is 26.0 Å². The third-order valence-corrected chi connectivity index (χ3v) is 4.14. The maximum atomic E-state index is 13.1. The van der Waals surface area contributed by atoms with Crippen molar-refractivity contribution < 1.29 is 23.6 Å². The van der Waals surface area contributed by atoms with Crippen LogP contribution in [0.2, 0.25) is 5.02 Å². The Kier molecular flexibility index (Phi) is 3.02. The molecule has 3 aromatic rings. The highest BCUT2D eigenvalue weighted by molar-refractivity contribution is 6.37. The van der Waals surface area contributed by atoms with E-state index in [0.29, 0.717) is 33.5 Å². The molecule has 4 rings (SSSR count). The predicted octanol–water partition coefficient (Wildman–Crippen LogP) is 3.68. The topological polar surface area (TPSA) is 72.6 Å². The van der Waals surface area contributed by atoms with Crippen molar-refractivity contribution in [3.63, 3.8) is 0 Å². The van der Waals surface area contributed by atoms with Crippen molar-refractivity contribution in [1.82, 2.24) is 5.16 Å². The van der Waals surface area contributed by atoms with Crippen LogP contribution in [0.15, 0.2) is 34.9 Å². The molecule has 1 aliphatic heterocycles. The standard InChI is InChI=1S/C16H9ClFNO4/c17-12-14-8(6-11(22-14)16(20)21)5-10-13(19-23-15(10)12)7-1-3-9(18)4-2-7/h1-5,11H,6H2,(H,20,21). The van der Waals surface area contributed by atoms with E-state index in [1.807, 2.05) is 0 Å². The molecule has 5 nitrogen and oxygen atoms in total. The molecule has 0 saturated heterocycles. The number of aromatic nitrogens is 1. The second-order valence-electron chi connectivity index (χ2n) is 5.24. The first-order valence-corrected chi connectivity index (χ1v) is 7.18. The van der Waals surface area contributed by atoms with Gasteiger partial charge in [0.2, 0.25) is 0 Å². The number of halogens is 2. The first-order valence-electron chi connectivity index (χ1n) is 6.81. The maximum Gasteiger partial charge on any atom is 0.345 e. The van der Waals surface area contributed by atoms with Crippen molar-refractivity contribution in [3.8, 4) is 17.0 Å². The molecule has 116 valence electrons. The van der Waals surface area contributed by atoms with Gasteiger partial charge in [-0.1, -0.05) is 16.8 Å². The molecule has 0 saturated carbocycles. The number of ether oxygens (including phenoxy) is 1. The summed E-state index contributed by atoms with van der Waals surface area (Å²) in [5, 5.41) is 13.9.